The Kier molecular flexibility index (Phi) is 5.67. The van der Waals surface area contributed by atoms with E-state index in [1.807, 2.05) is 0 Å². The van der Waals surface area contributed by atoms with Gasteiger partial charge in [-0.05, 0) is 67.6 Å². The quantitative estimate of drug-likeness (QED) is 0.422. The van der Waals surface area contributed by atoms with Crippen molar-refractivity contribution in [1.29, 1.82) is 0 Å². The van der Waals surface area contributed by atoms with E-state index in [1.165, 1.54) is 18.2 Å². The number of carbonyl (C=O) groups is 1. The molecule has 0 aromatic heterocycles. The Balaban J connectivity index is 1.55. The molecule has 1 spiro atoms. The first-order valence-corrected chi connectivity index (χ1v) is 15.7. The third kappa shape index (κ3) is 4.15. The number of nitrogens with one attached hydrogen (secondary N) is 2. The minimum absolute atomic E-state index is 0.0183. The molecule has 1 aromatic rings. The van der Waals surface area contributed by atoms with Crippen molar-refractivity contribution in [3.8, 4) is 0 Å². The zero-order valence-corrected chi connectivity index (χ0v) is 22.6. The molecular weight excluding hydrogens is 503 g/mol. The zero-order chi connectivity index (χ0) is 26.3. The second-order valence-electron chi connectivity index (χ2n) is 11.7. The van der Waals surface area contributed by atoms with Gasteiger partial charge in [-0.15, -0.1) is 0 Å². The predicted molar refractivity (Wildman–Crippen MR) is 139 cm³/mol. The highest BCUT2D eigenvalue weighted by molar-refractivity contribution is 7.92. The van der Waals surface area contributed by atoms with Gasteiger partial charge < -0.3 is 20.2 Å². The van der Waals surface area contributed by atoms with E-state index in [1.54, 1.807) is 4.90 Å². The third-order valence-electron chi connectivity index (χ3n) is 7.83. The highest BCUT2D eigenvalue weighted by Crippen LogP contribution is 2.59. The first-order chi connectivity index (χ1) is 16.6. The Morgan fingerprint density at radius 1 is 1.31 bits per heavy atom. The second kappa shape index (κ2) is 8.07. The lowest BCUT2D eigenvalue weighted by Crippen LogP contribution is -2.53. The summed E-state index contributed by atoms with van der Waals surface area (Å²) in [5, 5.41) is 14.5. The number of sulfonamides is 1. The molecule has 12 heteroatoms. The molecule has 196 valence electrons. The molecule has 2 aliphatic carbocycles. The number of rotatable bonds is 5. The second-order valence-corrected chi connectivity index (χ2v) is 15.2. The molecule has 2 saturated carbocycles. The molecule has 2 bridgehead atoms. The molecule has 4 unspecified atom stereocenters. The number of amides is 1. The van der Waals surface area contributed by atoms with Crippen LogP contribution in [-0.2, 0) is 19.4 Å². The van der Waals surface area contributed by atoms with Gasteiger partial charge in [0.15, 0.2) is 5.84 Å². The molecule has 2 aliphatic heterocycles. The van der Waals surface area contributed by atoms with Crippen molar-refractivity contribution in [2.45, 2.75) is 58.4 Å². The number of anilines is 2. The molecule has 2 heterocycles. The van der Waals surface area contributed by atoms with Crippen molar-refractivity contribution in [1.82, 2.24) is 4.90 Å². The standard InChI is InChI=1S/C24H33N4O6PS/c1-23(2,3)9-10-28-22(30)19(20(29)24(28)13-14-5-6-15(24)11-14)21-25-17-8-7-16(27-36(4,33)34)12-18(17)35(31,32)26-21/h7-8,12,14-15,27,29H,5-6,9-11,13H2,1-4H3,(H2,25,26,31,32). The van der Waals surface area contributed by atoms with Crippen LogP contribution in [0.15, 0.2) is 34.3 Å². The van der Waals surface area contributed by atoms with Crippen LogP contribution in [0.4, 0.5) is 11.4 Å². The molecular formula is C24H33N4O6PS. The summed E-state index contributed by atoms with van der Waals surface area (Å²) >= 11 is 0. The molecule has 4 aliphatic rings. The van der Waals surface area contributed by atoms with Gasteiger partial charge in [-0.2, -0.15) is 4.76 Å². The Morgan fingerprint density at radius 3 is 2.61 bits per heavy atom. The molecule has 0 saturated heterocycles. The van der Waals surface area contributed by atoms with E-state index in [9.17, 15) is 27.8 Å². The number of carbonyl (C=O) groups excluding carboxylic acids is 1. The lowest BCUT2D eigenvalue weighted by molar-refractivity contribution is -0.131. The minimum Gasteiger partial charge on any atom is -0.509 e. The number of aliphatic hydroxyl groups excluding tert-OH is 1. The summed E-state index contributed by atoms with van der Waals surface area (Å²) in [6, 6.07) is 4.16. The highest BCUT2D eigenvalue weighted by Gasteiger charge is 2.63. The van der Waals surface area contributed by atoms with Gasteiger partial charge in [-0.3, -0.25) is 14.1 Å². The van der Waals surface area contributed by atoms with Gasteiger partial charge in [0.1, 0.15) is 16.9 Å². The van der Waals surface area contributed by atoms with E-state index in [4.69, 9.17) is 0 Å². The fourth-order valence-corrected chi connectivity index (χ4v) is 8.09. The number of nitrogens with zero attached hydrogens (tertiary/aromatic N) is 2. The Labute approximate surface area is 211 Å². The first-order valence-electron chi connectivity index (χ1n) is 12.2. The fraction of sp³-hybridized carbons (Fsp3) is 0.583. The van der Waals surface area contributed by atoms with Crippen LogP contribution >= 0.6 is 7.52 Å². The van der Waals surface area contributed by atoms with Crippen LogP contribution in [0.25, 0.3) is 0 Å². The largest absolute Gasteiger partial charge is 0.509 e. The summed E-state index contributed by atoms with van der Waals surface area (Å²) in [4.78, 5) is 26.4. The van der Waals surface area contributed by atoms with E-state index < -0.39 is 23.1 Å². The summed E-state index contributed by atoms with van der Waals surface area (Å²) in [5.74, 6) is 0.0205. The maximum Gasteiger partial charge on any atom is 0.346 e. The van der Waals surface area contributed by atoms with Gasteiger partial charge in [0.25, 0.3) is 5.91 Å². The van der Waals surface area contributed by atoms with Crippen LogP contribution in [0.3, 0.4) is 0 Å². The number of hydrogen-bond donors (Lipinski definition) is 4. The number of fused-ring (bicyclic) bond motifs is 4. The van der Waals surface area contributed by atoms with Crippen molar-refractivity contribution in [3.05, 3.63) is 29.5 Å². The van der Waals surface area contributed by atoms with E-state index in [2.05, 4.69) is 35.6 Å². The SMILES string of the molecule is CC(C)(C)CCN1C(=O)C(C2=NP(=O)(O)c3cc(NS(C)(=O)=O)ccc3N2)=C(O)C12CC1CCC2C1. The summed E-state index contributed by atoms with van der Waals surface area (Å²) in [5.41, 5.74) is -0.509. The van der Waals surface area contributed by atoms with Crippen LogP contribution in [-0.4, -0.2) is 53.4 Å². The van der Waals surface area contributed by atoms with Crippen LogP contribution in [0.2, 0.25) is 0 Å². The van der Waals surface area contributed by atoms with E-state index in [0.29, 0.717) is 18.9 Å². The van der Waals surface area contributed by atoms with E-state index in [-0.39, 0.29) is 51.1 Å². The third-order valence-corrected chi connectivity index (χ3v) is 9.90. The lowest BCUT2D eigenvalue weighted by Gasteiger charge is -2.43. The zero-order valence-electron chi connectivity index (χ0n) is 20.9. The molecule has 10 nitrogen and oxygen atoms in total. The van der Waals surface area contributed by atoms with Gasteiger partial charge in [0.05, 0.1) is 17.2 Å². The van der Waals surface area contributed by atoms with Crippen LogP contribution in [0.5, 0.6) is 0 Å². The van der Waals surface area contributed by atoms with Gasteiger partial charge in [0, 0.05) is 12.2 Å². The molecule has 0 radical (unpaired) electrons. The molecule has 1 aromatic carbocycles. The first kappa shape index (κ1) is 25.3. The van der Waals surface area contributed by atoms with Crippen LogP contribution in [0.1, 0.15) is 52.9 Å². The van der Waals surface area contributed by atoms with Crippen molar-refractivity contribution in [2.24, 2.45) is 22.0 Å². The topological polar surface area (TPSA) is 148 Å². The fourth-order valence-electron chi connectivity index (χ4n) is 6.26. The molecule has 2 fully saturated rings. The predicted octanol–water partition coefficient (Wildman–Crippen LogP) is 3.34. The van der Waals surface area contributed by atoms with Crippen molar-refractivity contribution in [2.75, 3.05) is 22.8 Å². The van der Waals surface area contributed by atoms with Gasteiger partial charge >= 0.3 is 7.52 Å². The Bertz CT molecular complexity index is 1360. The smallest absolute Gasteiger partial charge is 0.346 e. The Morgan fingerprint density at radius 2 is 2.03 bits per heavy atom. The summed E-state index contributed by atoms with van der Waals surface area (Å²) < 4.78 is 42.7. The highest BCUT2D eigenvalue weighted by atomic mass is 32.2. The Hall–Kier alpha value is -2.36. The summed E-state index contributed by atoms with van der Waals surface area (Å²) in [6.45, 7) is 6.79. The minimum atomic E-state index is -4.37. The van der Waals surface area contributed by atoms with Gasteiger partial charge in [0.2, 0.25) is 10.0 Å². The normalized spacial score (nSPS) is 31.6. The van der Waals surface area contributed by atoms with Gasteiger partial charge in [-0.25, -0.2) is 8.42 Å². The van der Waals surface area contributed by atoms with E-state index >= 15 is 0 Å². The molecule has 4 N–H and O–H groups in total. The monoisotopic (exact) mass is 536 g/mol. The summed E-state index contributed by atoms with van der Waals surface area (Å²) in [6.07, 6.45) is 5.38. The maximum absolute atomic E-state index is 13.8. The van der Waals surface area contributed by atoms with Crippen molar-refractivity contribution in [3.63, 3.8) is 0 Å². The molecule has 5 rings (SSSR count). The van der Waals surface area contributed by atoms with Crippen LogP contribution < -0.4 is 15.3 Å². The molecule has 1 amide bonds. The maximum atomic E-state index is 13.8. The van der Waals surface area contributed by atoms with Crippen molar-refractivity contribution < 1.29 is 27.8 Å². The number of hydrogen-bond acceptors (Lipinski definition) is 6. The van der Waals surface area contributed by atoms with Crippen molar-refractivity contribution >= 4 is 46.0 Å². The van der Waals surface area contributed by atoms with Gasteiger partial charge in [-0.1, -0.05) is 20.8 Å². The van der Waals surface area contributed by atoms with E-state index in [0.717, 1.165) is 31.9 Å². The number of amidine groups is 1. The molecule has 4 atom stereocenters. The average Bonchev–Trinajstić information content (AvgIpc) is 3.39. The summed E-state index contributed by atoms with van der Waals surface area (Å²) in [7, 11) is -7.96. The number of benzene rings is 1. The average molecular weight is 537 g/mol. The molecule has 36 heavy (non-hydrogen) atoms. The number of aliphatic hydroxyl groups is 1. The lowest BCUT2D eigenvalue weighted by atomic mass is 9.78. The van der Waals surface area contributed by atoms with Crippen LogP contribution in [0, 0.1) is 17.3 Å².